The Morgan fingerprint density at radius 2 is 1.97 bits per heavy atom. The maximum Gasteiger partial charge on any atom is 0.329 e. The molecule has 1 spiro atoms. The van der Waals surface area contributed by atoms with E-state index < -0.39 is 11.6 Å². The van der Waals surface area contributed by atoms with Crippen molar-refractivity contribution in [1.29, 1.82) is 0 Å². The van der Waals surface area contributed by atoms with Crippen molar-refractivity contribution < 1.29 is 19.1 Å². The van der Waals surface area contributed by atoms with Crippen molar-refractivity contribution in [3.05, 3.63) is 41.7 Å². The van der Waals surface area contributed by atoms with E-state index in [0.29, 0.717) is 36.8 Å². The highest BCUT2D eigenvalue weighted by molar-refractivity contribution is 6.23. The van der Waals surface area contributed by atoms with Gasteiger partial charge in [0.05, 0.1) is 30.8 Å². The van der Waals surface area contributed by atoms with Gasteiger partial charge in [-0.25, -0.2) is 19.7 Å². The van der Waals surface area contributed by atoms with Gasteiger partial charge in [-0.05, 0) is 61.3 Å². The van der Waals surface area contributed by atoms with E-state index in [1.165, 1.54) is 36.4 Å². The molecule has 8 heteroatoms. The smallest absolute Gasteiger partial charge is 0.329 e. The Bertz CT molecular complexity index is 1010. The van der Waals surface area contributed by atoms with Crippen molar-refractivity contribution in [1.82, 2.24) is 15.3 Å². The van der Waals surface area contributed by atoms with Crippen molar-refractivity contribution in [2.75, 3.05) is 4.90 Å². The molecule has 2 saturated carbocycles. The topological polar surface area (TPSA) is 93.7 Å². The lowest BCUT2D eigenvalue weighted by Crippen LogP contribution is -2.52. The lowest BCUT2D eigenvalue weighted by atomic mass is 9.77. The minimum Gasteiger partial charge on any atom is -0.424 e. The molecule has 2 aliphatic carbocycles. The molecule has 1 N–H and O–H groups in total. The largest absolute Gasteiger partial charge is 0.424 e. The highest BCUT2D eigenvalue weighted by Gasteiger charge is 2.55. The molecular formula is C21H20N4O4. The maximum absolute atomic E-state index is 12.6. The van der Waals surface area contributed by atoms with E-state index in [1.54, 1.807) is 0 Å². The molecule has 3 amide bonds. The number of aromatic nitrogens is 2. The van der Waals surface area contributed by atoms with Crippen LogP contribution in [0.5, 0.6) is 11.8 Å². The highest BCUT2D eigenvalue weighted by Crippen LogP contribution is 2.48. The molecule has 6 rings (SSSR count). The molecule has 3 heterocycles. The summed E-state index contributed by atoms with van der Waals surface area (Å²) in [7, 11) is 0. The third-order valence-corrected chi connectivity index (χ3v) is 6.34. The fourth-order valence-electron chi connectivity index (χ4n) is 4.40. The zero-order valence-electron chi connectivity index (χ0n) is 15.8. The number of benzene rings is 1. The third kappa shape index (κ3) is 2.62. The molecule has 1 unspecified atom stereocenters. The van der Waals surface area contributed by atoms with E-state index in [4.69, 9.17) is 9.47 Å². The molecule has 2 aliphatic heterocycles. The van der Waals surface area contributed by atoms with Gasteiger partial charge in [0.2, 0.25) is 0 Å². The van der Waals surface area contributed by atoms with Gasteiger partial charge in [0.15, 0.2) is 0 Å². The normalized spacial score (nSPS) is 24.4. The van der Waals surface area contributed by atoms with E-state index in [0.717, 1.165) is 11.3 Å². The predicted molar refractivity (Wildman–Crippen MR) is 101 cm³/mol. The van der Waals surface area contributed by atoms with Crippen molar-refractivity contribution in [3.63, 3.8) is 0 Å². The number of carbonyl (C=O) groups excluding carboxylic acids is 2. The van der Waals surface area contributed by atoms with Gasteiger partial charge in [-0.3, -0.25) is 4.79 Å². The van der Waals surface area contributed by atoms with Crippen molar-refractivity contribution >= 4 is 17.6 Å². The van der Waals surface area contributed by atoms with Gasteiger partial charge >= 0.3 is 12.0 Å². The van der Waals surface area contributed by atoms with Gasteiger partial charge in [-0.15, -0.1) is 0 Å². The summed E-state index contributed by atoms with van der Waals surface area (Å²) in [5.74, 6) is 1.04. The number of carbonyl (C=O) groups is 2. The number of amides is 3. The van der Waals surface area contributed by atoms with Crippen LogP contribution in [0.15, 0.2) is 30.6 Å². The summed E-state index contributed by atoms with van der Waals surface area (Å²) in [6.07, 6.45) is 7.78. The average Bonchev–Trinajstić information content (AvgIpc) is 3.39. The molecule has 1 aromatic carbocycles. The summed E-state index contributed by atoms with van der Waals surface area (Å²) in [5, 5.41) is 2.80. The highest BCUT2D eigenvalue weighted by atomic mass is 16.5. The number of nitrogens with one attached hydrogen (secondary N) is 1. The van der Waals surface area contributed by atoms with Gasteiger partial charge in [-0.1, -0.05) is 6.07 Å². The summed E-state index contributed by atoms with van der Waals surface area (Å²) >= 11 is 0. The lowest BCUT2D eigenvalue weighted by molar-refractivity contribution is -0.124. The van der Waals surface area contributed by atoms with E-state index in [2.05, 4.69) is 15.3 Å². The summed E-state index contributed by atoms with van der Waals surface area (Å²) in [6.45, 7) is 0.648. The molecule has 1 aromatic heterocycles. The summed E-state index contributed by atoms with van der Waals surface area (Å²) in [6, 6.07) is 5.65. The van der Waals surface area contributed by atoms with Crippen LogP contribution in [0.3, 0.4) is 0 Å². The van der Waals surface area contributed by atoms with Crippen LogP contribution in [0, 0.1) is 5.92 Å². The third-order valence-electron chi connectivity index (χ3n) is 6.34. The zero-order chi connectivity index (χ0) is 19.6. The second kappa shape index (κ2) is 6.00. The minimum absolute atomic E-state index is 0.162. The fraction of sp³-hybridized carbons (Fsp3) is 0.429. The number of hydrogen-bond acceptors (Lipinski definition) is 6. The summed E-state index contributed by atoms with van der Waals surface area (Å²) in [4.78, 5) is 34.4. The minimum atomic E-state index is -0.725. The molecule has 2 aromatic rings. The molecule has 148 valence electrons. The monoisotopic (exact) mass is 392 g/mol. The molecule has 0 radical (unpaired) electrons. The van der Waals surface area contributed by atoms with Gasteiger partial charge in [-0.2, -0.15) is 0 Å². The maximum atomic E-state index is 12.6. The molecule has 8 nitrogen and oxygen atoms in total. The molecular weight excluding hydrogens is 372 g/mol. The Hall–Kier alpha value is -3.00. The molecule has 29 heavy (non-hydrogen) atoms. The SMILES string of the molecule is O=C1NC2(CCC2)C(=O)N1c1cnc(Oc2ccc3c(c2)C(C2CC2)OC3)nc1. The second-order valence-electron chi connectivity index (χ2n) is 8.26. The molecule has 1 atom stereocenters. The number of nitrogens with zero attached hydrogens (tertiary/aromatic N) is 3. The molecule has 3 fully saturated rings. The molecule has 0 bridgehead atoms. The van der Waals surface area contributed by atoms with Crippen molar-refractivity contribution in [2.24, 2.45) is 5.92 Å². The van der Waals surface area contributed by atoms with Crippen LogP contribution in [0.4, 0.5) is 10.5 Å². The number of fused-ring (bicyclic) bond motifs is 1. The summed E-state index contributed by atoms with van der Waals surface area (Å²) in [5.41, 5.74) is 2.01. The van der Waals surface area contributed by atoms with E-state index >= 15 is 0 Å². The number of anilines is 1. The quantitative estimate of drug-likeness (QED) is 0.803. The van der Waals surface area contributed by atoms with Crippen molar-refractivity contribution in [2.45, 2.75) is 50.4 Å². The fourth-order valence-corrected chi connectivity index (χ4v) is 4.40. The van der Waals surface area contributed by atoms with Crippen LogP contribution in [0.2, 0.25) is 0 Å². The predicted octanol–water partition coefficient (Wildman–Crippen LogP) is 3.23. The zero-order valence-corrected chi connectivity index (χ0v) is 15.8. The summed E-state index contributed by atoms with van der Waals surface area (Å²) < 4.78 is 11.7. The van der Waals surface area contributed by atoms with Crippen LogP contribution >= 0.6 is 0 Å². The van der Waals surface area contributed by atoms with Gasteiger partial charge < -0.3 is 14.8 Å². The first-order chi connectivity index (χ1) is 14.1. The standard InChI is InChI=1S/C21H20N4O4/c26-18-21(6-1-7-21)24-20(27)25(18)14-9-22-19(23-10-14)29-15-5-4-13-11-28-17(12-2-3-12)16(13)8-15/h4-5,8-10,12,17H,1-3,6-7,11H2,(H,24,27). The first-order valence-electron chi connectivity index (χ1n) is 10.0. The Morgan fingerprint density at radius 1 is 1.17 bits per heavy atom. The van der Waals surface area contributed by atoms with Crippen molar-refractivity contribution in [3.8, 4) is 11.8 Å². The molecule has 1 saturated heterocycles. The number of imide groups is 1. The first-order valence-corrected chi connectivity index (χ1v) is 10.0. The number of ether oxygens (including phenoxy) is 2. The number of rotatable bonds is 4. The van der Waals surface area contributed by atoms with E-state index in [9.17, 15) is 9.59 Å². The van der Waals surface area contributed by atoms with E-state index in [-0.39, 0.29) is 18.0 Å². The number of urea groups is 1. The first kappa shape index (κ1) is 16.9. The van der Waals surface area contributed by atoms with Crippen LogP contribution in [0.1, 0.15) is 49.3 Å². The van der Waals surface area contributed by atoms with Gasteiger partial charge in [0, 0.05) is 0 Å². The molecule has 4 aliphatic rings. The van der Waals surface area contributed by atoms with Crippen LogP contribution in [0.25, 0.3) is 0 Å². The van der Waals surface area contributed by atoms with Gasteiger partial charge in [0.25, 0.3) is 5.91 Å². The van der Waals surface area contributed by atoms with Gasteiger partial charge in [0.1, 0.15) is 11.3 Å². The Labute approximate surface area is 167 Å². The Balaban J connectivity index is 1.20. The lowest BCUT2D eigenvalue weighted by Gasteiger charge is -2.34. The average molecular weight is 392 g/mol. The van der Waals surface area contributed by atoms with Crippen LogP contribution in [-0.2, 0) is 16.1 Å². The van der Waals surface area contributed by atoms with Crippen LogP contribution < -0.4 is 15.0 Å². The second-order valence-corrected chi connectivity index (χ2v) is 8.26. The van der Waals surface area contributed by atoms with Crippen LogP contribution in [-0.4, -0.2) is 27.4 Å². The number of hydrogen-bond donors (Lipinski definition) is 1. The van der Waals surface area contributed by atoms with E-state index in [1.807, 2.05) is 18.2 Å². The Kier molecular flexibility index (Phi) is 3.50. The Morgan fingerprint density at radius 3 is 2.62 bits per heavy atom.